The lowest BCUT2D eigenvalue weighted by atomic mass is 9.83. The first-order valence-corrected chi connectivity index (χ1v) is 10.3. The van der Waals surface area contributed by atoms with Gasteiger partial charge in [-0.3, -0.25) is 4.79 Å². The van der Waals surface area contributed by atoms with Crippen molar-refractivity contribution in [1.82, 2.24) is 9.96 Å². The first-order valence-electron chi connectivity index (χ1n) is 10.3. The average molecular weight is 435 g/mol. The molecule has 3 amide bonds. The smallest absolute Gasteiger partial charge is 0.352 e. The minimum atomic E-state index is -1.72. The number of nitrogens with zero attached hydrogens (tertiary/aromatic N) is 2. The molecule has 0 aromatic heterocycles. The predicted octanol–water partition coefficient (Wildman–Crippen LogP) is -1.36. The van der Waals surface area contributed by atoms with Crippen LogP contribution in [0.15, 0.2) is 18.2 Å². The summed E-state index contributed by atoms with van der Waals surface area (Å²) in [6.07, 6.45) is -7.34. The summed E-state index contributed by atoms with van der Waals surface area (Å²) in [6, 6.07) is 4.55. The molecule has 0 saturated carbocycles. The molecule has 0 bridgehead atoms. The molecule has 8 atom stereocenters. The molecular formula is C20H25N3O8. The van der Waals surface area contributed by atoms with Crippen LogP contribution in [0.5, 0.6) is 0 Å². The molecule has 8 unspecified atom stereocenters. The molecular weight excluding hydrogens is 410 g/mol. The second-order valence-corrected chi connectivity index (χ2v) is 8.52. The Morgan fingerprint density at radius 2 is 1.97 bits per heavy atom. The molecule has 4 heterocycles. The summed E-state index contributed by atoms with van der Waals surface area (Å²) < 4.78 is 5.27. The lowest BCUT2D eigenvalue weighted by Gasteiger charge is -2.39. The van der Waals surface area contributed by atoms with Gasteiger partial charge in [0.25, 0.3) is 5.91 Å². The summed E-state index contributed by atoms with van der Waals surface area (Å²) in [7, 11) is 0. The lowest BCUT2D eigenvalue weighted by Crippen LogP contribution is -2.60. The molecule has 3 fully saturated rings. The maximum Gasteiger partial charge on any atom is 0.352 e. The monoisotopic (exact) mass is 435 g/mol. The van der Waals surface area contributed by atoms with E-state index in [1.54, 1.807) is 0 Å². The summed E-state index contributed by atoms with van der Waals surface area (Å²) >= 11 is 0. The maximum atomic E-state index is 13.0. The van der Waals surface area contributed by atoms with E-state index in [9.17, 15) is 30.0 Å². The molecule has 1 aromatic carbocycles. The number of imide groups is 1. The fourth-order valence-corrected chi connectivity index (χ4v) is 5.11. The number of urea groups is 1. The number of rotatable bonds is 3. The number of benzene rings is 1. The molecule has 0 aliphatic carbocycles. The van der Waals surface area contributed by atoms with Crippen molar-refractivity contribution in [2.75, 3.05) is 18.5 Å². The van der Waals surface area contributed by atoms with E-state index in [1.807, 2.05) is 25.1 Å². The number of piperidine rings is 1. The van der Waals surface area contributed by atoms with Gasteiger partial charge in [0.15, 0.2) is 0 Å². The third-order valence-electron chi connectivity index (χ3n) is 6.73. The van der Waals surface area contributed by atoms with Crippen LogP contribution in [-0.4, -0.2) is 98.3 Å². The van der Waals surface area contributed by atoms with Gasteiger partial charge in [-0.25, -0.2) is 9.63 Å². The second-order valence-electron chi connectivity index (χ2n) is 8.52. The average Bonchev–Trinajstić information content (AvgIpc) is 3.23. The van der Waals surface area contributed by atoms with Crippen molar-refractivity contribution >= 4 is 17.6 Å². The van der Waals surface area contributed by atoms with E-state index < -0.39 is 55.3 Å². The van der Waals surface area contributed by atoms with E-state index in [-0.39, 0.29) is 12.0 Å². The van der Waals surface area contributed by atoms with E-state index in [1.165, 1.54) is 4.90 Å². The SMILES string of the molecule is Cc1cccc2c1C1CC3C(=O)N(OC4OC(CO)C(O)C(O)C4O)C(=O)N3CC1N2. The van der Waals surface area contributed by atoms with Gasteiger partial charge in [0.2, 0.25) is 6.29 Å². The van der Waals surface area contributed by atoms with E-state index in [4.69, 9.17) is 9.57 Å². The highest BCUT2D eigenvalue weighted by Gasteiger charge is 2.55. The first kappa shape index (κ1) is 20.6. The molecule has 0 radical (unpaired) electrons. The van der Waals surface area contributed by atoms with E-state index in [0.717, 1.165) is 16.8 Å². The van der Waals surface area contributed by atoms with Crippen molar-refractivity contribution in [3.63, 3.8) is 0 Å². The van der Waals surface area contributed by atoms with Gasteiger partial charge in [0, 0.05) is 18.2 Å². The highest BCUT2D eigenvalue weighted by Crippen LogP contribution is 2.45. The number of hydrogen-bond donors (Lipinski definition) is 5. The maximum absolute atomic E-state index is 13.0. The standard InChI is InChI=1S/C20H25N3O8/c1-8-3-2-4-10-14(8)9-5-12-18(28)23(20(29)22(12)6-11(9)21-10)31-19-17(27)16(26)15(25)13(7-24)30-19/h2-4,9,11-13,15-17,19,21,24-27H,5-7H2,1H3. The van der Waals surface area contributed by atoms with Crippen LogP contribution in [0.1, 0.15) is 23.5 Å². The molecule has 31 heavy (non-hydrogen) atoms. The van der Waals surface area contributed by atoms with Crippen molar-refractivity contribution in [2.24, 2.45) is 0 Å². The van der Waals surface area contributed by atoms with E-state index >= 15 is 0 Å². The number of anilines is 1. The summed E-state index contributed by atoms with van der Waals surface area (Å²) in [5, 5.41) is 43.3. The van der Waals surface area contributed by atoms with Gasteiger partial charge in [0.05, 0.1) is 12.6 Å². The fourth-order valence-electron chi connectivity index (χ4n) is 5.11. The van der Waals surface area contributed by atoms with Crippen LogP contribution >= 0.6 is 0 Å². The third kappa shape index (κ3) is 3.04. The fraction of sp³-hybridized carbons (Fsp3) is 0.600. The number of aliphatic hydroxyl groups is 4. The van der Waals surface area contributed by atoms with Gasteiger partial charge in [-0.2, -0.15) is 0 Å². The quantitative estimate of drug-likeness (QED) is 0.363. The minimum Gasteiger partial charge on any atom is -0.394 e. The number of ether oxygens (including phenoxy) is 1. The normalized spacial score (nSPS) is 39.3. The Labute approximate surface area is 177 Å². The highest BCUT2D eigenvalue weighted by molar-refractivity contribution is 6.03. The largest absolute Gasteiger partial charge is 0.394 e. The van der Waals surface area contributed by atoms with Crippen molar-refractivity contribution < 1.29 is 39.6 Å². The van der Waals surface area contributed by atoms with Crippen LogP contribution in [0, 0.1) is 6.92 Å². The number of nitrogens with one attached hydrogen (secondary N) is 1. The molecule has 4 aliphatic heterocycles. The Morgan fingerprint density at radius 1 is 1.19 bits per heavy atom. The van der Waals surface area contributed by atoms with Crippen LogP contribution in [0.2, 0.25) is 0 Å². The van der Waals surface area contributed by atoms with Gasteiger partial charge >= 0.3 is 6.03 Å². The summed E-state index contributed by atoms with van der Waals surface area (Å²) in [4.78, 5) is 32.8. The lowest BCUT2D eigenvalue weighted by molar-refractivity contribution is -0.340. The molecule has 168 valence electrons. The summed E-state index contributed by atoms with van der Waals surface area (Å²) in [5.74, 6) is -0.510. The van der Waals surface area contributed by atoms with Crippen molar-refractivity contribution in [3.05, 3.63) is 29.3 Å². The summed E-state index contributed by atoms with van der Waals surface area (Å²) in [5.41, 5.74) is 3.29. The number of amides is 3. The number of hydroxylamine groups is 2. The summed E-state index contributed by atoms with van der Waals surface area (Å²) in [6.45, 7) is 1.68. The molecule has 5 rings (SSSR count). The van der Waals surface area contributed by atoms with Crippen LogP contribution in [0.4, 0.5) is 10.5 Å². The zero-order valence-corrected chi connectivity index (χ0v) is 16.8. The molecule has 5 N–H and O–H groups in total. The van der Waals surface area contributed by atoms with Gasteiger partial charge in [-0.15, -0.1) is 5.06 Å². The van der Waals surface area contributed by atoms with Crippen LogP contribution in [0.25, 0.3) is 0 Å². The molecule has 4 aliphatic rings. The van der Waals surface area contributed by atoms with E-state index in [2.05, 4.69) is 5.32 Å². The minimum absolute atomic E-state index is 0.0312. The number of carbonyl (C=O) groups excluding carboxylic acids is 2. The van der Waals surface area contributed by atoms with Gasteiger partial charge in [0.1, 0.15) is 30.5 Å². The number of hydrogen-bond acceptors (Lipinski definition) is 9. The first-order chi connectivity index (χ1) is 14.8. The Kier molecular flexibility index (Phi) is 4.92. The Balaban J connectivity index is 1.35. The molecule has 3 saturated heterocycles. The Bertz CT molecular complexity index is 910. The molecule has 11 nitrogen and oxygen atoms in total. The van der Waals surface area contributed by atoms with Crippen molar-refractivity contribution in [2.45, 2.75) is 62.1 Å². The number of carbonyl (C=O) groups is 2. The van der Waals surface area contributed by atoms with E-state index in [0.29, 0.717) is 18.0 Å². The van der Waals surface area contributed by atoms with Gasteiger partial charge in [-0.05, 0) is 30.5 Å². The Hall–Kier alpha value is -2.28. The zero-order chi connectivity index (χ0) is 22.0. The van der Waals surface area contributed by atoms with Crippen molar-refractivity contribution in [1.29, 1.82) is 0 Å². The zero-order valence-electron chi connectivity index (χ0n) is 16.8. The van der Waals surface area contributed by atoms with Gasteiger partial charge in [-0.1, -0.05) is 12.1 Å². The molecule has 1 aromatic rings. The van der Waals surface area contributed by atoms with Crippen LogP contribution < -0.4 is 5.32 Å². The molecule has 0 spiro atoms. The number of fused-ring (bicyclic) bond motifs is 4. The predicted molar refractivity (Wildman–Crippen MR) is 104 cm³/mol. The third-order valence-corrected chi connectivity index (χ3v) is 6.73. The van der Waals surface area contributed by atoms with Crippen molar-refractivity contribution in [3.8, 4) is 0 Å². The van der Waals surface area contributed by atoms with Crippen LogP contribution in [-0.2, 0) is 14.4 Å². The second kappa shape index (κ2) is 7.40. The van der Waals surface area contributed by atoms with Gasteiger partial charge < -0.3 is 35.4 Å². The number of aliphatic hydroxyl groups excluding tert-OH is 4. The van der Waals surface area contributed by atoms with Crippen LogP contribution in [0.3, 0.4) is 0 Å². The highest BCUT2D eigenvalue weighted by atomic mass is 16.8. The number of aryl methyl sites for hydroxylation is 1. The Morgan fingerprint density at radius 3 is 2.71 bits per heavy atom. The topological polar surface area (TPSA) is 152 Å². The molecule has 11 heteroatoms.